The predicted molar refractivity (Wildman–Crippen MR) is 124 cm³/mol. The van der Waals surface area contributed by atoms with Crippen LogP contribution in [0.2, 0.25) is 0 Å². The summed E-state index contributed by atoms with van der Waals surface area (Å²) in [5.41, 5.74) is 7.03. The van der Waals surface area contributed by atoms with E-state index in [-0.39, 0.29) is 11.3 Å². The van der Waals surface area contributed by atoms with Gasteiger partial charge >= 0.3 is 12.1 Å². The minimum atomic E-state index is -2.74. The highest BCUT2D eigenvalue weighted by atomic mass is 19.3. The monoisotopic (exact) mass is 475 g/mol. The quantitative estimate of drug-likeness (QED) is 0.328. The number of nitrogens with zero attached hydrogens (tertiary/aromatic N) is 4. The maximum Gasteiger partial charge on any atom is 0.412 e. The van der Waals surface area contributed by atoms with Gasteiger partial charge in [0.1, 0.15) is 12.1 Å². The van der Waals surface area contributed by atoms with Gasteiger partial charge in [-0.15, -0.1) is 0 Å². The number of nitrogens with two attached hydrogens (primary N) is 1. The third kappa shape index (κ3) is 4.25. The molecule has 0 bridgehead atoms. The first-order chi connectivity index (χ1) is 16.9. The molecule has 10 heteroatoms. The summed E-state index contributed by atoms with van der Waals surface area (Å²) in [7, 11) is 0. The summed E-state index contributed by atoms with van der Waals surface area (Å²) in [5.74, 6) is -0.592. The van der Waals surface area contributed by atoms with E-state index in [2.05, 4.69) is 19.7 Å². The van der Waals surface area contributed by atoms with E-state index in [1.54, 1.807) is 18.2 Å². The Kier molecular flexibility index (Phi) is 5.77. The molecule has 2 aromatic heterocycles. The number of fused-ring (bicyclic) bond motifs is 2. The molecule has 1 aliphatic heterocycles. The van der Waals surface area contributed by atoms with Crippen molar-refractivity contribution in [3.63, 3.8) is 0 Å². The SMILES string of the molecule is NC(=O)OC(=O)c1cc2ccccc2c(N2CCCc3cc(-c4cncnc4)c(C(F)F)cc32)n1. The number of benzene rings is 2. The van der Waals surface area contributed by atoms with Crippen LogP contribution in [0.25, 0.3) is 21.9 Å². The fourth-order valence-corrected chi connectivity index (χ4v) is 4.37. The van der Waals surface area contributed by atoms with Crippen LogP contribution in [0, 0.1) is 0 Å². The van der Waals surface area contributed by atoms with E-state index in [9.17, 15) is 18.4 Å². The zero-order chi connectivity index (χ0) is 24.5. The van der Waals surface area contributed by atoms with Crippen LogP contribution >= 0.6 is 0 Å². The van der Waals surface area contributed by atoms with Crippen LogP contribution in [0.3, 0.4) is 0 Å². The van der Waals surface area contributed by atoms with Crippen molar-refractivity contribution in [2.24, 2.45) is 5.73 Å². The van der Waals surface area contributed by atoms with Gasteiger partial charge in [0.25, 0.3) is 6.43 Å². The molecular weight excluding hydrogens is 456 g/mol. The Labute approximate surface area is 198 Å². The number of carbonyl (C=O) groups is 2. The molecular formula is C25H19F2N5O3. The van der Waals surface area contributed by atoms with Crippen molar-refractivity contribution >= 4 is 34.3 Å². The standard InChI is InChI=1S/C25H19F2N5O3/c26-22(27)19-10-21-15(8-18(19)16-11-29-13-30-12-16)5-3-7-32(21)23-17-6-2-1-4-14(17)9-20(31-23)24(33)35-25(28)34/h1-2,4,6,8-13,22H,3,5,7H2,(H2,28,34). The van der Waals surface area contributed by atoms with Crippen LogP contribution in [-0.2, 0) is 11.2 Å². The van der Waals surface area contributed by atoms with Gasteiger partial charge in [-0.2, -0.15) is 0 Å². The van der Waals surface area contributed by atoms with Crippen molar-refractivity contribution in [1.29, 1.82) is 0 Å². The first kappa shape index (κ1) is 22.3. The molecule has 176 valence electrons. The highest BCUT2D eigenvalue weighted by Crippen LogP contribution is 2.42. The molecule has 0 spiro atoms. The Bertz CT molecular complexity index is 1450. The fourth-order valence-electron chi connectivity index (χ4n) is 4.37. The van der Waals surface area contributed by atoms with Crippen molar-refractivity contribution in [2.75, 3.05) is 11.4 Å². The van der Waals surface area contributed by atoms with Gasteiger partial charge in [-0.3, -0.25) is 0 Å². The van der Waals surface area contributed by atoms with E-state index in [0.29, 0.717) is 41.0 Å². The maximum atomic E-state index is 14.2. The van der Waals surface area contributed by atoms with E-state index in [4.69, 9.17) is 5.73 Å². The summed E-state index contributed by atoms with van der Waals surface area (Å²) in [6, 6.07) is 11.9. The lowest BCUT2D eigenvalue weighted by molar-refractivity contribution is 0.0632. The Morgan fingerprint density at radius 2 is 1.86 bits per heavy atom. The molecule has 8 nitrogen and oxygen atoms in total. The van der Waals surface area contributed by atoms with E-state index >= 15 is 0 Å². The molecule has 0 unspecified atom stereocenters. The van der Waals surface area contributed by atoms with E-state index in [1.165, 1.54) is 30.9 Å². The lowest BCUT2D eigenvalue weighted by Gasteiger charge is -2.32. The molecule has 35 heavy (non-hydrogen) atoms. The van der Waals surface area contributed by atoms with Gasteiger partial charge in [0.2, 0.25) is 0 Å². The summed E-state index contributed by atoms with van der Waals surface area (Å²) in [5, 5.41) is 1.39. The van der Waals surface area contributed by atoms with Crippen molar-refractivity contribution in [2.45, 2.75) is 19.3 Å². The molecule has 0 radical (unpaired) electrons. The molecule has 2 aromatic carbocycles. The lowest BCUT2D eigenvalue weighted by Crippen LogP contribution is -2.27. The van der Waals surface area contributed by atoms with Gasteiger partial charge in [0.15, 0.2) is 5.69 Å². The number of primary amides is 1. The molecule has 2 N–H and O–H groups in total. The summed E-state index contributed by atoms with van der Waals surface area (Å²) in [6.45, 7) is 0.495. The minimum Gasteiger partial charge on any atom is -0.372 e. The summed E-state index contributed by atoms with van der Waals surface area (Å²) in [6.07, 6.45) is 1.79. The van der Waals surface area contributed by atoms with Crippen molar-refractivity contribution < 1.29 is 23.1 Å². The number of aromatic nitrogens is 3. The van der Waals surface area contributed by atoms with Crippen molar-refractivity contribution in [3.8, 4) is 11.1 Å². The largest absolute Gasteiger partial charge is 0.412 e. The molecule has 1 aliphatic rings. The molecule has 1 amide bonds. The summed E-state index contributed by atoms with van der Waals surface area (Å²) in [4.78, 5) is 37.7. The third-order valence-corrected chi connectivity index (χ3v) is 5.85. The van der Waals surface area contributed by atoms with E-state index in [0.717, 1.165) is 17.4 Å². The molecule has 0 aliphatic carbocycles. The normalized spacial score (nSPS) is 13.1. The zero-order valence-corrected chi connectivity index (χ0v) is 18.3. The third-order valence-electron chi connectivity index (χ3n) is 5.85. The van der Waals surface area contributed by atoms with Crippen molar-refractivity contribution in [1.82, 2.24) is 15.0 Å². The van der Waals surface area contributed by atoms with Gasteiger partial charge in [-0.05, 0) is 47.6 Å². The molecule has 5 rings (SSSR count). The van der Waals surface area contributed by atoms with Gasteiger partial charge in [-0.1, -0.05) is 24.3 Å². The van der Waals surface area contributed by atoms with Crippen LogP contribution in [0.15, 0.2) is 61.2 Å². The van der Waals surface area contributed by atoms with Gasteiger partial charge in [-0.25, -0.2) is 33.3 Å². The lowest BCUT2D eigenvalue weighted by atomic mass is 9.92. The molecule has 0 saturated carbocycles. The van der Waals surface area contributed by atoms with Crippen LogP contribution in [-0.4, -0.2) is 33.6 Å². The number of ether oxygens (including phenoxy) is 1. The van der Waals surface area contributed by atoms with E-state index < -0.39 is 18.5 Å². The fraction of sp³-hybridized carbons (Fsp3) is 0.160. The summed E-state index contributed by atoms with van der Waals surface area (Å²) < 4.78 is 32.9. The van der Waals surface area contributed by atoms with Gasteiger partial charge < -0.3 is 15.4 Å². The number of hydrogen-bond donors (Lipinski definition) is 1. The number of hydrogen-bond acceptors (Lipinski definition) is 7. The second-order valence-electron chi connectivity index (χ2n) is 8.01. The Hall–Kier alpha value is -4.47. The van der Waals surface area contributed by atoms with Crippen molar-refractivity contribution in [3.05, 3.63) is 78.0 Å². The summed E-state index contributed by atoms with van der Waals surface area (Å²) >= 11 is 0. The van der Waals surface area contributed by atoms with Crippen LogP contribution < -0.4 is 10.6 Å². The predicted octanol–water partition coefficient (Wildman–Crippen LogP) is 4.95. The molecule has 0 saturated heterocycles. The first-order valence-corrected chi connectivity index (χ1v) is 10.8. The van der Waals surface area contributed by atoms with E-state index in [1.807, 2.05) is 17.0 Å². The Morgan fingerprint density at radius 1 is 1.09 bits per heavy atom. The molecule has 0 fully saturated rings. The van der Waals surface area contributed by atoms with Crippen LogP contribution in [0.5, 0.6) is 0 Å². The Morgan fingerprint density at radius 3 is 2.60 bits per heavy atom. The first-order valence-electron chi connectivity index (χ1n) is 10.8. The average molecular weight is 475 g/mol. The molecule has 3 heterocycles. The van der Waals surface area contributed by atoms with Crippen LogP contribution in [0.1, 0.15) is 34.5 Å². The van der Waals surface area contributed by atoms with Crippen LogP contribution in [0.4, 0.5) is 25.1 Å². The molecule has 0 atom stereocenters. The smallest absolute Gasteiger partial charge is 0.372 e. The van der Waals surface area contributed by atoms with Gasteiger partial charge in [0.05, 0.1) is 0 Å². The Balaban J connectivity index is 1.69. The average Bonchev–Trinajstić information content (AvgIpc) is 2.87. The number of rotatable bonds is 4. The zero-order valence-electron chi connectivity index (χ0n) is 18.3. The number of aryl methyl sites for hydroxylation is 1. The number of esters is 1. The second kappa shape index (κ2) is 9.05. The number of anilines is 2. The highest BCUT2D eigenvalue weighted by molar-refractivity contribution is 6.02. The second-order valence-corrected chi connectivity index (χ2v) is 8.01. The number of amides is 1. The van der Waals surface area contributed by atoms with Gasteiger partial charge in [0, 0.05) is 41.1 Å². The highest BCUT2D eigenvalue weighted by Gasteiger charge is 2.27. The number of carbonyl (C=O) groups excluding carboxylic acids is 2. The number of halogens is 2. The minimum absolute atomic E-state index is 0.114. The number of pyridine rings is 1. The molecule has 4 aromatic rings. The number of alkyl halides is 2. The topological polar surface area (TPSA) is 111 Å². The maximum absolute atomic E-state index is 14.2.